The molecule has 0 fully saturated rings. The second kappa shape index (κ2) is 10.0. The third-order valence-electron chi connectivity index (χ3n) is 4.69. The summed E-state index contributed by atoms with van der Waals surface area (Å²) in [6.07, 6.45) is 0. The van der Waals surface area contributed by atoms with Gasteiger partial charge in [0.25, 0.3) is 5.91 Å². The van der Waals surface area contributed by atoms with Crippen molar-refractivity contribution < 1.29 is 19.6 Å². The van der Waals surface area contributed by atoms with Gasteiger partial charge in [0, 0.05) is 12.1 Å². The van der Waals surface area contributed by atoms with Gasteiger partial charge in [0.15, 0.2) is 6.54 Å². The maximum Gasteiger partial charge on any atom is 0.337 e. The minimum atomic E-state index is -0.370. The Morgan fingerprint density at radius 2 is 1.79 bits per heavy atom. The molecule has 3 aromatic rings. The van der Waals surface area contributed by atoms with E-state index in [9.17, 15) is 9.59 Å². The van der Waals surface area contributed by atoms with Crippen LogP contribution in [0.5, 0.6) is 0 Å². The maximum atomic E-state index is 12.4. The zero-order chi connectivity index (χ0) is 20.6. The largest absolute Gasteiger partial charge is 0.465 e. The first-order valence-corrected chi connectivity index (χ1v) is 10.3. The first-order valence-electron chi connectivity index (χ1n) is 9.44. The van der Waals surface area contributed by atoms with Crippen LogP contribution < -0.4 is 10.6 Å². The van der Waals surface area contributed by atoms with Crippen LogP contribution in [0.3, 0.4) is 0 Å². The van der Waals surface area contributed by atoms with Crippen LogP contribution in [-0.4, -0.2) is 25.5 Å². The molecule has 5 nitrogen and oxygen atoms in total. The number of nitrogens with two attached hydrogens (primary N) is 1. The number of esters is 1. The number of quaternary nitrogens is 1. The van der Waals surface area contributed by atoms with Crippen LogP contribution in [0.2, 0.25) is 0 Å². The van der Waals surface area contributed by atoms with Crippen LogP contribution in [-0.2, 0) is 16.1 Å². The van der Waals surface area contributed by atoms with Crippen molar-refractivity contribution in [1.29, 1.82) is 0 Å². The van der Waals surface area contributed by atoms with Gasteiger partial charge in [0.2, 0.25) is 0 Å². The summed E-state index contributed by atoms with van der Waals surface area (Å²) in [5.41, 5.74) is 3.83. The van der Waals surface area contributed by atoms with Gasteiger partial charge in [-0.3, -0.25) is 4.79 Å². The SMILES string of the molecule is COC(=O)c1ccc(CNC(=O)C[NH2+][C@@H](c2ccc(C)cc2)c2cccs2)cc1. The lowest BCUT2D eigenvalue weighted by Gasteiger charge is -2.15. The normalized spacial score (nSPS) is 11.7. The molecule has 3 rings (SSSR count). The van der Waals surface area contributed by atoms with Crippen LogP contribution in [0.4, 0.5) is 0 Å². The molecular formula is C23H25N2O3S+. The summed E-state index contributed by atoms with van der Waals surface area (Å²) < 4.78 is 4.69. The van der Waals surface area contributed by atoms with E-state index in [4.69, 9.17) is 4.74 Å². The third kappa shape index (κ3) is 5.76. The van der Waals surface area contributed by atoms with Gasteiger partial charge in [0.1, 0.15) is 6.04 Å². The lowest BCUT2D eigenvalue weighted by molar-refractivity contribution is -0.676. The summed E-state index contributed by atoms with van der Waals surface area (Å²) in [5, 5.41) is 7.06. The summed E-state index contributed by atoms with van der Waals surface area (Å²) in [6.45, 7) is 2.82. The molecule has 1 heterocycles. The van der Waals surface area contributed by atoms with E-state index in [0.717, 1.165) is 5.56 Å². The first-order chi connectivity index (χ1) is 14.1. The fraction of sp³-hybridized carbons (Fsp3) is 0.217. The Labute approximate surface area is 174 Å². The predicted octanol–water partition coefficient (Wildman–Crippen LogP) is 2.81. The van der Waals surface area contributed by atoms with Gasteiger partial charge in [-0.25, -0.2) is 4.79 Å². The van der Waals surface area contributed by atoms with Crippen molar-refractivity contribution in [2.24, 2.45) is 0 Å². The highest BCUT2D eigenvalue weighted by Gasteiger charge is 2.20. The summed E-state index contributed by atoms with van der Waals surface area (Å²) in [4.78, 5) is 25.1. The van der Waals surface area contributed by atoms with Gasteiger partial charge < -0.3 is 15.4 Å². The smallest absolute Gasteiger partial charge is 0.337 e. The standard InChI is InChI=1S/C23H24N2O3S/c1-16-5-9-18(10-6-16)22(20-4-3-13-29-20)25-15-21(26)24-14-17-7-11-19(12-8-17)23(27)28-2/h3-13,22,25H,14-15H2,1-2H3,(H,24,26)/p+1/t22-/m0/s1. The Morgan fingerprint density at radius 3 is 2.41 bits per heavy atom. The Hall–Kier alpha value is -2.96. The number of hydrogen-bond acceptors (Lipinski definition) is 4. The van der Waals surface area contributed by atoms with E-state index in [0.29, 0.717) is 18.7 Å². The quantitative estimate of drug-likeness (QED) is 0.562. The number of carbonyl (C=O) groups excluding carboxylic acids is 2. The molecule has 29 heavy (non-hydrogen) atoms. The number of ether oxygens (including phenoxy) is 1. The average Bonchev–Trinajstić information content (AvgIpc) is 3.28. The zero-order valence-corrected chi connectivity index (χ0v) is 17.4. The lowest BCUT2D eigenvalue weighted by Crippen LogP contribution is -2.87. The first kappa shape index (κ1) is 20.8. The summed E-state index contributed by atoms with van der Waals surface area (Å²) in [7, 11) is 1.35. The van der Waals surface area contributed by atoms with E-state index in [-0.39, 0.29) is 17.9 Å². The van der Waals surface area contributed by atoms with Crippen LogP contribution in [0.25, 0.3) is 0 Å². The maximum absolute atomic E-state index is 12.4. The Morgan fingerprint density at radius 1 is 1.07 bits per heavy atom. The van der Waals surface area contributed by atoms with E-state index < -0.39 is 0 Å². The molecular weight excluding hydrogens is 384 g/mol. The van der Waals surface area contributed by atoms with Gasteiger partial charge in [-0.15, -0.1) is 11.3 Å². The van der Waals surface area contributed by atoms with Gasteiger partial charge in [-0.05, 0) is 36.1 Å². The van der Waals surface area contributed by atoms with E-state index in [1.807, 2.05) is 18.2 Å². The second-order valence-corrected chi connectivity index (χ2v) is 7.79. The molecule has 0 aliphatic heterocycles. The summed E-state index contributed by atoms with van der Waals surface area (Å²) >= 11 is 1.70. The van der Waals surface area contributed by atoms with E-state index >= 15 is 0 Å². The van der Waals surface area contributed by atoms with Crippen LogP contribution >= 0.6 is 11.3 Å². The Kier molecular flexibility index (Phi) is 7.16. The molecule has 0 spiro atoms. The molecule has 0 bridgehead atoms. The lowest BCUT2D eigenvalue weighted by atomic mass is 10.0. The van der Waals surface area contributed by atoms with Gasteiger partial charge in [0.05, 0.1) is 17.6 Å². The molecule has 0 aliphatic carbocycles. The average molecular weight is 410 g/mol. The minimum absolute atomic E-state index is 0.0317. The number of hydrogen-bond donors (Lipinski definition) is 2. The van der Waals surface area contributed by atoms with Crippen LogP contribution in [0, 0.1) is 6.92 Å². The number of thiophene rings is 1. The highest BCUT2D eigenvalue weighted by molar-refractivity contribution is 7.10. The van der Waals surface area contributed by atoms with Crippen molar-refractivity contribution in [1.82, 2.24) is 5.32 Å². The van der Waals surface area contributed by atoms with E-state index in [1.54, 1.807) is 23.5 Å². The van der Waals surface area contributed by atoms with Crippen molar-refractivity contribution in [3.63, 3.8) is 0 Å². The van der Waals surface area contributed by atoms with Crippen molar-refractivity contribution in [2.75, 3.05) is 13.7 Å². The number of rotatable bonds is 8. The number of methoxy groups -OCH3 is 1. The van der Waals surface area contributed by atoms with Gasteiger partial charge >= 0.3 is 5.97 Å². The molecule has 1 aromatic heterocycles. The van der Waals surface area contributed by atoms with Crippen molar-refractivity contribution in [3.05, 3.63) is 93.2 Å². The predicted molar refractivity (Wildman–Crippen MR) is 114 cm³/mol. The Bertz CT molecular complexity index is 935. The Balaban J connectivity index is 1.56. The molecule has 0 unspecified atom stereocenters. The van der Waals surface area contributed by atoms with E-state index in [1.165, 1.54) is 23.1 Å². The summed E-state index contributed by atoms with van der Waals surface area (Å²) in [5.74, 6) is -0.401. The fourth-order valence-corrected chi connectivity index (χ4v) is 3.88. The van der Waals surface area contributed by atoms with Crippen molar-refractivity contribution in [2.45, 2.75) is 19.5 Å². The molecule has 0 saturated heterocycles. The molecule has 0 aliphatic rings. The highest BCUT2D eigenvalue weighted by Crippen LogP contribution is 2.22. The number of aryl methyl sites for hydroxylation is 1. The molecule has 0 saturated carbocycles. The number of nitrogens with one attached hydrogen (secondary N) is 1. The van der Waals surface area contributed by atoms with E-state index in [2.05, 4.69) is 53.3 Å². The van der Waals surface area contributed by atoms with Crippen molar-refractivity contribution >= 4 is 23.2 Å². The van der Waals surface area contributed by atoms with Crippen LogP contribution in [0.15, 0.2) is 66.0 Å². The number of amides is 1. The molecule has 3 N–H and O–H groups in total. The molecule has 1 amide bonds. The minimum Gasteiger partial charge on any atom is -0.465 e. The molecule has 6 heteroatoms. The number of carbonyl (C=O) groups is 2. The zero-order valence-electron chi connectivity index (χ0n) is 16.6. The van der Waals surface area contributed by atoms with Crippen LogP contribution in [0.1, 0.15) is 38.0 Å². The number of benzene rings is 2. The second-order valence-electron chi connectivity index (χ2n) is 6.81. The topological polar surface area (TPSA) is 72.0 Å². The monoisotopic (exact) mass is 409 g/mol. The third-order valence-corrected chi connectivity index (χ3v) is 5.65. The fourth-order valence-electron chi connectivity index (χ4n) is 3.03. The van der Waals surface area contributed by atoms with Crippen molar-refractivity contribution in [3.8, 4) is 0 Å². The molecule has 2 aromatic carbocycles. The molecule has 0 radical (unpaired) electrons. The molecule has 150 valence electrons. The van der Waals surface area contributed by atoms with Gasteiger partial charge in [-0.2, -0.15) is 0 Å². The summed E-state index contributed by atoms with van der Waals surface area (Å²) in [6, 6.07) is 19.7. The highest BCUT2D eigenvalue weighted by atomic mass is 32.1. The molecule has 1 atom stereocenters. The van der Waals surface area contributed by atoms with Gasteiger partial charge in [-0.1, -0.05) is 48.0 Å².